The van der Waals surface area contributed by atoms with E-state index in [1.54, 1.807) is 18.2 Å². The molecule has 144 valence electrons. The Morgan fingerprint density at radius 1 is 1.07 bits per heavy atom. The molecule has 7 heteroatoms. The number of carbonyl (C=O) groups excluding carboxylic acids is 1. The van der Waals surface area contributed by atoms with E-state index >= 15 is 0 Å². The summed E-state index contributed by atoms with van der Waals surface area (Å²) < 4.78 is 26.8. The van der Waals surface area contributed by atoms with Gasteiger partial charge in [-0.05, 0) is 31.0 Å². The van der Waals surface area contributed by atoms with Crippen molar-refractivity contribution in [2.45, 2.75) is 24.3 Å². The lowest BCUT2D eigenvalue weighted by atomic mass is 10.2. The van der Waals surface area contributed by atoms with Crippen LogP contribution in [0.4, 0.5) is 5.69 Å². The molecule has 2 aromatic carbocycles. The third-order valence-electron chi connectivity index (χ3n) is 4.63. The molecule has 0 bridgehead atoms. The smallest absolute Gasteiger partial charge is 0.279 e. The molecule has 1 amide bonds. The molecule has 1 unspecified atom stereocenters. The molecule has 1 fully saturated rings. The van der Waals surface area contributed by atoms with E-state index in [0.717, 1.165) is 24.3 Å². The molecule has 2 aromatic rings. The fourth-order valence-electron chi connectivity index (χ4n) is 3.30. The lowest BCUT2D eigenvalue weighted by molar-refractivity contribution is -0.885. The van der Waals surface area contributed by atoms with Gasteiger partial charge in [-0.25, -0.2) is 8.42 Å². The quantitative estimate of drug-likeness (QED) is 0.747. The highest BCUT2D eigenvalue weighted by atomic mass is 32.2. The third kappa shape index (κ3) is 5.15. The number of likely N-dealkylation sites (N-methyl/N-ethyl adjacent to an activating group) is 1. The van der Waals surface area contributed by atoms with Crippen LogP contribution in [0.3, 0.4) is 0 Å². The first-order valence-corrected chi connectivity index (χ1v) is 10.6. The Kier molecular flexibility index (Phi) is 6.26. The zero-order chi connectivity index (χ0) is 19.3. The van der Waals surface area contributed by atoms with Gasteiger partial charge in [-0.2, -0.15) is 4.31 Å². The van der Waals surface area contributed by atoms with Gasteiger partial charge in [-0.3, -0.25) is 4.79 Å². The van der Waals surface area contributed by atoms with Crippen molar-refractivity contribution in [2.24, 2.45) is 0 Å². The van der Waals surface area contributed by atoms with Crippen molar-refractivity contribution in [3.8, 4) is 0 Å². The fraction of sp³-hybridized carbons (Fsp3) is 0.350. The third-order valence-corrected chi connectivity index (χ3v) is 6.53. The molecular weight excluding hydrogens is 362 g/mol. The lowest BCUT2D eigenvalue weighted by Gasteiger charge is -2.17. The molecule has 1 aliphatic rings. The second kappa shape index (κ2) is 8.65. The summed E-state index contributed by atoms with van der Waals surface area (Å²) in [5.74, 6) is -0.140. The number of rotatable bonds is 7. The first-order chi connectivity index (χ1) is 12.9. The lowest BCUT2D eigenvalue weighted by Crippen LogP contribution is -3.08. The summed E-state index contributed by atoms with van der Waals surface area (Å²) >= 11 is 0. The molecule has 1 saturated heterocycles. The summed E-state index contributed by atoms with van der Waals surface area (Å²) in [6.45, 7) is 2.18. The Morgan fingerprint density at radius 3 is 2.48 bits per heavy atom. The average Bonchev–Trinajstić information content (AvgIpc) is 3.18. The standard InChI is InChI=1S/C20H25N3O3S/c1-22(15-17-8-3-2-4-9-17)16-20(24)21-18-10-7-11-19(14-18)27(25,26)23-12-5-6-13-23/h2-4,7-11,14H,5-6,12-13,15-16H2,1H3,(H,21,24)/p+1. The molecule has 0 radical (unpaired) electrons. The van der Waals surface area contributed by atoms with Crippen LogP contribution in [0.15, 0.2) is 59.5 Å². The molecule has 0 aromatic heterocycles. The van der Waals surface area contributed by atoms with Crippen molar-refractivity contribution in [2.75, 3.05) is 32.0 Å². The van der Waals surface area contributed by atoms with Gasteiger partial charge >= 0.3 is 0 Å². The predicted octanol–water partition coefficient (Wildman–Crippen LogP) is 1.12. The highest BCUT2D eigenvalue weighted by Crippen LogP contribution is 2.23. The number of quaternary nitrogens is 1. The van der Waals surface area contributed by atoms with Crippen molar-refractivity contribution in [1.82, 2.24) is 4.31 Å². The summed E-state index contributed by atoms with van der Waals surface area (Å²) in [6, 6.07) is 16.5. The zero-order valence-corrected chi connectivity index (χ0v) is 16.3. The van der Waals surface area contributed by atoms with Gasteiger partial charge in [0.2, 0.25) is 10.0 Å². The number of anilines is 1. The van der Waals surface area contributed by atoms with Gasteiger partial charge in [-0.15, -0.1) is 0 Å². The van der Waals surface area contributed by atoms with E-state index in [2.05, 4.69) is 5.32 Å². The van der Waals surface area contributed by atoms with E-state index in [1.807, 2.05) is 37.4 Å². The van der Waals surface area contributed by atoms with Gasteiger partial charge in [0.15, 0.2) is 6.54 Å². The Balaban J connectivity index is 1.61. The summed E-state index contributed by atoms with van der Waals surface area (Å²) in [6.07, 6.45) is 1.79. The normalized spacial score (nSPS) is 16.2. The first kappa shape index (κ1) is 19.5. The van der Waals surface area contributed by atoms with Gasteiger partial charge in [0.1, 0.15) is 6.54 Å². The Morgan fingerprint density at radius 2 is 1.78 bits per heavy atom. The second-order valence-electron chi connectivity index (χ2n) is 6.98. The minimum atomic E-state index is -3.48. The predicted molar refractivity (Wildman–Crippen MR) is 105 cm³/mol. The monoisotopic (exact) mass is 388 g/mol. The van der Waals surface area contributed by atoms with Crippen molar-refractivity contribution in [1.29, 1.82) is 0 Å². The number of benzene rings is 2. The minimum Gasteiger partial charge on any atom is -0.326 e. The van der Waals surface area contributed by atoms with Gasteiger partial charge in [0.25, 0.3) is 5.91 Å². The van der Waals surface area contributed by atoms with Crippen LogP contribution >= 0.6 is 0 Å². The molecule has 27 heavy (non-hydrogen) atoms. The number of hydrogen-bond donors (Lipinski definition) is 2. The fourth-order valence-corrected chi connectivity index (χ4v) is 4.86. The van der Waals surface area contributed by atoms with Crippen molar-refractivity contribution in [3.63, 3.8) is 0 Å². The molecule has 1 atom stereocenters. The summed E-state index contributed by atoms with van der Waals surface area (Å²) in [5, 5.41) is 2.82. The summed E-state index contributed by atoms with van der Waals surface area (Å²) in [4.78, 5) is 13.6. The van der Waals surface area contributed by atoms with Crippen molar-refractivity contribution in [3.05, 3.63) is 60.2 Å². The minimum absolute atomic E-state index is 0.140. The van der Waals surface area contributed by atoms with Crippen LogP contribution in [0.1, 0.15) is 18.4 Å². The maximum atomic E-state index is 12.7. The number of nitrogens with one attached hydrogen (secondary N) is 2. The summed E-state index contributed by atoms with van der Waals surface area (Å²) in [5.41, 5.74) is 1.68. The molecule has 6 nitrogen and oxygen atoms in total. The largest absolute Gasteiger partial charge is 0.326 e. The van der Waals surface area contributed by atoms with E-state index in [9.17, 15) is 13.2 Å². The molecule has 1 heterocycles. The topological polar surface area (TPSA) is 70.9 Å². The molecule has 0 aliphatic carbocycles. The van der Waals surface area contributed by atoms with Crippen LogP contribution in [0.5, 0.6) is 0 Å². The Labute approximate surface area is 160 Å². The van der Waals surface area contributed by atoms with Gasteiger partial charge in [-0.1, -0.05) is 36.4 Å². The average molecular weight is 389 g/mol. The Bertz CT molecular complexity index is 878. The van der Waals surface area contributed by atoms with Crippen LogP contribution in [0.2, 0.25) is 0 Å². The van der Waals surface area contributed by atoms with Crippen molar-refractivity contribution >= 4 is 21.6 Å². The van der Waals surface area contributed by atoms with Crippen LogP contribution in [-0.4, -0.2) is 45.3 Å². The van der Waals surface area contributed by atoms with E-state index in [-0.39, 0.29) is 10.8 Å². The van der Waals surface area contributed by atoms with Gasteiger partial charge in [0.05, 0.1) is 11.9 Å². The van der Waals surface area contributed by atoms with Crippen LogP contribution < -0.4 is 10.2 Å². The van der Waals surface area contributed by atoms with E-state index in [4.69, 9.17) is 0 Å². The van der Waals surface area contributed by atoms with Crippen LogP contribution in [-0.2, 0) is 21.4 Å². The van der Waals surface area contributed by atoms with E-state index < -0.39 is 10.0 Å². The molecule has 1 aliphatic heterocycles. The highest BCUT2D eigenvalue weighted by molar-refractivity contribution is 7.89. The SMILES string of the molecule is C[NH+](CC(=O)Nc1cccc(S(=O)(=O)N2CCCC2)c1)Cc1ccccc1. The number of carbonyl (C=O) groups is 1. The maximum Gasteiger partial charge on any atom is 0.279 e. The number of amides is 1. The molecule has 0 saturated carbocycles. The Hall–Kier alpha value is -2.22. The molecular formula is C20H26N3O3S+. The zero-order valence-electron chi connectivity index (χ0n) is 15.5. The molecule has 0 spiro atoms. The first-order valence-electron chi connectivity index (χ1n) is 9.20. The maximum absolute atomic E-state index is 12.7. The van der Waals surface area contributed by atoms with Crippen LogP contribution in [0.25, 0.3) is 0 Å². The number of sulfonamides is 1. The van der Waals surface area contributed by atoms with Crippen LogP contribution in [0, 0.1) is 0 Å². The van der Waals surface area contributed by atoms with Crippen molar-refractivity contribution < 1.29 is 18.1 Å². The highest BCUT2D eigenvalue weighted by Gasteiger charge is 2.27. The van der Waals surface area contributed by atoms with Gasteiger partial charge in [0, 0.05) is 24.3 Å². The molecule has 2 N–H and O–H groups in total. The number of nitrogens with zero attached hydrogens (tertiary/aromatic N) is 1. The van der Waals surface area contributed by atoms with Gasteiger partial charge < -0.3 is 10.2 Å². The van der Waals surface area contributed by atoms with E-state index in [0.29, 0.717) is 25.3 Å². The summed E-state index contributed by atoms with van der Waals surface area (Å²) in [7, 11) is -1.52. The molecule has 3 rings (SSSR count). The number of hydrogen-bond acceptors (Lipinski definition) is 3. The van der Waals surface area contributed by atoms with E-state index in [1.165, 1.54) is 15.9 Å². The second-order valence-corrected chi connectivity index (χ2v) is 8.92.